The van der Waals surface area contributed by atoms with Gasteiger partial charge in [0.15, 0.2) is 0 Å². The van der Waals surface area contributed by atoms with Crippen LogP contribution in [-0.4, -0.2) is 48.6 Å². The molecule has 0 saturated heterocycles. The molecule has 1 amide bonds. The lowest BCUT2D eigenvalue weighted by molar-refractivity contribution is 0.0422. The summed E-state index contributed by atoms with van der Waals surface area (Å²) in [5.41, 5.74) is 0.421. The average molecular weight is 409 g/mol. The molecule has 0 aliphatic rings. The van der Waals surface area contributed by atoms with Crippen LogP contribution in [0.2, 0.25) is 0 Å². The summed E-state index contributed by atoms with van der Waals surface area (Å²) in [6.45, 7) is 13.7. The van der Waals surface area contributed by atoms with E-state index in [1.165, 1.54) is 0 Å². The van der Waals surface area contributed by atoms with Crippen LogP contribution in [0.25, 0.3) is 0 Å². The fourth-order valence-electron chi connectivity index (χ4n) is 2.71. The number of ether oxygens (including phenoxy) is 2. The smallest absolute Gasteiger partial charge is 0.407 e. The highest BCUT2D eigenvalue weighted by Crippen LogP contribution is 2.15. The summed E-state index contributed by atoms with van der Waals surface area (Å²) < 4.78 is 11.1. The van der Waals surface area contributed by atoms with Gasteiger partial charge in [-0.25, -0.2) is 4.79 Å². The SMILES string of the molecule is CCCCOc1ccc(C[C@H](NC(=O)OC(C)(C)C)[C@H](O)CNCC(C)C)cc1. The Morgan fingerprint density at radius 2 is 1.79 bits per heavy atom. The molecule has 0 aromatic heterocycles. The lowest BCUT2D eigenvalue weighted by Gasteiger charge is -2.27. The Bertz CT molecular complexity index is 582. The Kier molecular flexibility index (Phi) is 11.1. The van der Waals surface area contributed by atoms with E-state index in [4.69, 9.17) is 9.47 Å². The van der Waals surface area contributed by atoms with Crippen molar-refractivity contribution in [3.63, 3.8) is 0 Å². The summed E-state index contributed by atoms with van der Waals surface area (Å²) in [7, 11) is 0. The normalized spacial score (nSPS) is 13.8. The van der Waals surface area contributed by atoms with Crippen molar-refractivity contribution in [3.05, 3.63) is 29.8 Å². The summed E-state index contributed by atoms with van der Waals surface area (Å²) in [4.78, 5) is 12.3. The van der Waals surface area contributed by atoms with Crippen LogP contribution in [0.15, 0.2) is 24.3 Å². The van der Waals surface area contributed by atoms with E-state index in [1.54, 1.807) is 0 Å². The third-order valence-corrected chi connectivity index (χ3v) is 4.22. The first-order chi connectivity index (χ1) is 13.6. The molecule has 0 spiro atoms. The quantitative estimate of drug-likeness (QED) is 0.457. The zero-order chi connectivity index (χ0) is 21.9. The average Bonchev–Trinajstić information content (AvgIpc) is 2.61. The van der Waals surface area contributed by atoms with Crippen molar-refractivity contribution in [1.82, 2.24) is 10.6 Å². The zero-order valence-electron chi connectivity index (χ0n) is 19.0. The van der Waals surface area contributed by atoms with Crippen molar-refractivity contribution >= 4 is 6.09 Å². The van der Waals surface area contributed by atoms with Crippen molar-refractivity contribution in [3.8, 4) is 5.75 Å². The molecular formula is C23H40N2O4. The van der Waals surface area contributed by atoms with Gasteiger partial charge in [-0.1, -0.05) is 39.3 Å². The highest BCUT2D eigenvalue weighted by atomic mass is 16.6. The minimum atomic E-state index is -0.734. The zero-order valence-corrected chi connectivity index (χ0v) is 19.0. The highest BCUT2D eigenvalue weighted by Gasteiger charge is 2.25. The van der Waals surface area contributed by atoms with Crippen LogP contribution in [0.4, 0.5) is 4.79 Å². The number of carbonyl (C=O) groups is 1. The van der Waals surface area contributed by atoms with Crippen LogP contribution in [0.5, 0.6) is 5.75 Å². The van der Waals surface area contributed by atoms with Gasteiger partial charge in [-0.05, 0) is 63.8 Å². The number of alkyl carbamates (subject to hydrolysis) is 1. The molecule has 0 aliphatic carbocycles. The van der Waals surface area contributed by atoms with Crippen molar-refractivity contribution in [2.45, 2.75) is 78.6 Å². The van der Waals surface area contributed by atoms with E-state index < -0.39 is 23.8 Å². The van der Waals surface area contributed by atoms with Gasteiger partial charge in [0.25, 0.3) is 0 Å². The van der Waals surface area contributed by atoms with E-state index in [1.807, 2.05) is 45.0 Å². The molecule has 6 nitrogen and oxygen atoms in total. The molecule has 166 valence electrons. The Balaban J connectivity index is 2.74. The topological polar surface area (TPSA) is 79.8 Å². The number of unbranched alkanes of at least 4 members (excludes halogenated alkanes) is 1. The predicted octanol–water partition coefficient (Wildman–Crippen LogP) is 3.91. The molecule has 0 bridgehead atoms. The molecule has 0 fully saturated rings. The summed E-state index contributed by atoms with van der Waals surface area (Å²) in [6, 6.07) is 7.34. The monoisotopic (exact) mass is 408 g/mol. The predicted molar refractivity (Wildman–Crippen MR) is 117 cm³/mol. The summed E-state index contributed by atoms with van der Waals surface area (Å²) in [5, 5.41) is 16.8. The first-order valence-electron chi connectivity index (χ1n) is 10.7. The van der Waals surface area contributed by atoms with Crippen LogP contribution in [0, 0.1) is 5.92 Å². The van der Waals surface area contributed by atoms with E-state index in [-0.39, 0.29) is 0 Å². The Hall–Kier alpha value is -1.79. The molecule has 6 heteroatoms. The lowest BCUT2D eigenvalue weighted by Crippen LogP contribution is -2.50. The number of aliphatic hydroxyl groups is 1. The molecule has 1 aromatic carbocycles. The number of nitrogens with one attached hydrogen (secondary N) is 2. The summed E-state index contributed by atoms with van der Waals surface area (Å²) in [5.74, 6) is 1.32. The Morgan fingerprint density at radius 3 is 2.34 bits per heavy atom. The van der Waals surface area contributed by atoms with Gasteiger partial charge in [0.1, 0.15) is 11.4 Å². The second kappa shape index (κ2) is 12.7. The maximum Gasteiger partial charge on any atom is 0.407 e. The molecule has 0 unspecified atom stereocenters. The van der Waals surface area contributed by atoms with E-state index in [0.717, 1.165) is 30.7 Å². The second-order valence-corrected chi connectivity index (χ2v) is 8.92. The maximum atomic E-state index is 12.3. The standard InChI is InChI=1S/C23H40N2O4/c1-7-8-13-28-19-11-9-18(10-12-19)14-20(21(26)16-24-15-17(2)3)25-22(27)29-23(4,5)6/h9-12,17,20-21,24,26H,7-8,13-16H2,1-6H3,(H,25,27)/t20-,21+/m0/s1. The number of amides is 1. The second-order valence-electron chi connectivity index (χ2n) is 8.92. The fraction of sp³-hybridized carbons (Fsp3) is 0.696. The van der Waals surface area contributed by atoms with E-state index in [0.29, 0.717) is 25.5 Å². The van der Waals surface area contributed by atoms with Crippen molar-refractivity contribution in [1.29, 1.82) is 0 Å². The number of aliphatic hydroxyl groups excluding tert-OH is 1. The third-order valence-electron chi connectivity index (χ3n) is 4.22. The molecule has 0 saturated carbocycles. The molecule has 0 aliphatic heterocycles. The van der Waals surface area contributed by atoms with Crippen molar-refractivity contribution in [2.75, 3.05) is 19.7 Å². The van der Waals surface area contributed by atoms with Crippen molar-refractivity contribution < 1.29 is 19.4 Å². The largest absolute Gasteiger partial charge is 0.494 e. The summed E-state index contributed by atoms with van der Waals surface area (Å²) >= 11 is 0. The molecule has 3 N–H and O–H groups in total. The minimum Gasteiger partial charge on any atom is -0.494 e. The molecule has 1 rings (SSSR count). The van der Waals surface area contributed by atoms with Gasteiger partial charge in [0.2, 0.25) is 0 Å². The molecule has 0 heterocycles. The van der Waals surface area contributed by atoms with Crippen LogP contribution in [0.1, 0.15) is 59.9 Å². The first kappa shape index (κ1) is 25.2. The van der Waals surface area contributed by atoms with Crippen LogP contribution >= 0.6 is 0 Å². The van der Waals surface area contributed by atoms with Gasteiger partial charge in [0.05, 0.1) is 18.8 Å². The molecule has 29 heavy (non-hydrogen) atoms. The molecule has 1 aromatic rings. The van der Waals surface area contributed by atoms with Gasteiger partial charge in [0, 0.05) is 6.54 Å². The number of benzene rings is 1. The van der Waals surface area contributed by atoms with Crippen LogP contribution in [-0.2, 0) is 11.2 Å². The van der Waals surface area contributed by atoms with Gasteiger partial charge in [-0.2, -0.15) is 0 Å². The lowest BCUT2D eigenvalue weighted by atomic mass is 10.0. The molecule has 2 atom stereocenters. The van der Waals surface area contributed by atoms with Gasteiger partial charge in [-0.3, -0.25) is 0 Å². The number of rotatable bonds is 12. The minimum absolute atomic E-state index is 0.400. The third kappa shape index (κ3) is 11.7. The first-order valence-corrected chi connectivity index (χ1v) is 10.7. The Labute approximate surface area is 176 Å². The fourth-order valence-corrected chi connectivity index (χ4v) is 2.71. The van der Waals surface area contributed by atoms with Crippen molar-refractivity contribution in [2.24, 2.45) is 5.92 Å². The van der Waals surface area contributed by atoms with E-state index >= 15 is 0 Å². The van der Waals surface area contributed by atoms with Gasteiger partial charge in [-0.15, -0.1) is 0 Å². The highest BCUT2D eigenvalue weighted by molar-refractivity contribution is 5.68. The molecule has 0 radical (unpaired) electrons. The maximum absolute atomic E-state index is 12.3. The van der Waals surface area contributed by atoms with E-state index in [9.17, 15) is 9.90 Å². The molecular weight excluding hydrogens is 368 g/mol. The Morgan fingerprint density at radius 1 is 1.14 bits per heavy atom. The van der Waals surface area contributed by atoms with Crippen LogP contribution < -0.4 is 15.4 Å². The number of hydrogen-bond donors (Lipinski definition) is 3. The van der Waals surface area contributed by atoms with E-state index in [2.05, 4.69) is 31.4 Å². The number of hydrogen-bond acceptors (Lipinski definition) is 5. The van der Waals surface area contributed by atoms with Gasteiger partial charge >= 0.3 is 6.09 Å². The van der Waals surface area contributed by atoms with Crippen LogP contribution in [0.3, 0.4) is 0 Å². The van der Waals surface area contributed by atoms with Gasteiger partial charge < -0.3 is 25.2 Å². The summed E-state index contributed by atoms with van der Waals surface area (Å²) in [6.07, 6.45) is 1.36. The number of carbonyl (C=O) groups excluding carboxylic acids is 1.